The third kappa shape index (κ3) is 3.53. The van der Waals surface area contributed by atoms with Gasteiger partial charge in [-0.25, -0.2) is 4.98 Å². The Kier molecular flexibility index (Phi) is 4.53. The summed E-state index contributed by atoms with van der Waals surface area (Å²) in [5.74, 6) is 1.06. The number of hydrogen-bond acceptors (Lipinski definition) is 4. The summed E-state index contributed by atoms with van der Waals surface area (Å²) in [6.45, 7) is 3.66. The Balaban J connectivity index is 2.03. The molecule has 4 nitrogen and oxygen atoms in total. The van der Waals surface area contributed by atoms with Crippen LogP contribution in [-0.2, 0) is 0 Å². The quantitative estimate of drug-likeness (QED) is 0.782. The van der Waals surface area contributed by atoms with Crippen molar-refractivity contribution in [3.63, 3.8) is 0 Å². The van der Waals surface area contributed by atoms with Crippen molar-refractivity contribution >= 4 is 11.6 Å². The lowest BCUT2D eigenvalue weighted by molar-refractivity contribution is 0.101. The second-order valence-electron chi connectivity index (χ2n) is 5.50. The molecule has 1 aliphatic heterocycles. The van der Waals surface area contributed by atoms with E-state index in [9.17, 15) is 4.79 Å². The Morgan fingerprint density at radius 2 is 2.11 bits per heavy atom. The molecule has 0 saturated carbocycles. The van der Waals surface area contributed by atoms with E-state index < -0.39 is 0 Å². The molecule has 1 aromatic heterocycles. The van der Waals surface area contributed by atoms with Crippen LogP contribution >= 0.6 is 0 Å². The number of rotatable bonds is 3. The fraction of sp³-hybridized carbons (Fsp3) is 0.600. The molecule has 19 heavy (non-hydrogen) atoms. The number of hydrogen-bond donors (Lipinski definition) is 0. The molecule has 2 heterocycles. The van der Waals surface area contributed by atoms with Crippen LogP contribution in [0.4, 0.5) is 5.82 Å². The van der Waals surface area contributed by atoms with Crippen LogP contribution in [-0.4, -0.2) is 48.9 Å². The molecule has 1 aliphatic rings. The molecule has 1 fully saturated rings. The highest BCUT2D eigenvalue weighted by Gasteiger charge is 2.19. The van der Waals surface area contributed by atoms with Gasteiger partial charge in [0.15, 0.2) is 5.78 Å². The fourth-order valence-corrected chi connectivity index (χ4v) is 2.61. The van der Waals surface area contributed by atoms with Crippen LogP contribution in [0.15, 0.2) is 18.3 Å². The maximum absolute atomic E-state index is 11.2. The van der Waals surface area contributed by atoms with E-state index in [1.54, 1.807) is 13.1 Å². The zero-order valence-electron chi connectivity index (χ0n) is 12.1. The van der Waals surface area contributed by atoms with Gasteiger partial charge in [-0.15, -0.1) is 0 Å². The van der Waals surface area contributed by atoms with E-state index in [1.165, 1.54) is 19.3 Å². The second kappa shape index (κ2) is 6.15. The summed E-state index contributed by atoms with van der Waals surface area (Å²) in [6, 6.07) is 4.51. The van der Waals surface area contributed by atoms with Gasteiger partial charge in [0.25, 0.3) is 0 Å². The van der Waals surface area contributed by atoms with Gasteiger partial charge in [-0.2, -0.15) is 0 Å². The Labute approximate surface area is 115 Å². The number of ketones is 1. The number of pyridine rings is 1. The molecule has 2 rings (SSSR count). The van der Waals surface area contributed by atoms with Crippen molar-refractivity contribution in [2.75, 3.05) is 32.1 Å². The van der Waals surface area contributed by atoms with Gasteiger partial charge in [0, 0.05) is 30.9 Å². The SMILES string of the molecule is CC(=O)c1ccc(N2CCCC(N(C)C)CC2)nc1. The standard InChI is InChI=1S/C15H23N3O/c1-12(19)13-6-7-15(16-11-13)18-9-4-5-14(8-10-18)17(2)3/h6-7,11,14H,4-5,8-10H2,1-3H3. The maximum Gasteiger partial charge on any atom is 0.161 e. The van der Waals surface area contributed by atoms with Crippen LogP contribution in [0.2, 0.25) is 0 Å². The topological polar surface area (TPSA) is 36.4 Å². The fourth-order valence-electron chi connectivity index (χ4n) is 2.61. The largest absolute Gasteiger partial charge is 0.357 e. The van der Waals surface area contributed by atoms with Crippen molar-refractivity contribution in [3.05, 3.63) is 23.9 Å². The lowest BCUT2D eigenvalue weighted by atomic mass is 10.1. The molecule has 0 aliphatic carbocycles. The summed E-state index contributed by atoms with van der Waals surface area (Å²) in [4.78, 5) is 20.3. The molecule has 0 N–H and O–H groups in total. The molecule has 1 saturated heterocycles. The molecule has 0 bridgehead atoms. The van der Waals surface area contributed by atoms with E-state index in [0.717, 1.165) is 18.9 Å². The van der Waals surface area contributed by atoms with Crippen molar-refractivity contribution in [2.45, 2.75) is 32.2 Å². The van der Waals surface area contributed by atoms with Gasteiger partial charge < -0.3 is 9.80 Å². The van der Waals surface area contributed by atoms with Gasteiger partial charge in [-0.3, -0.25) is 4.79 Å². The summed E-state index contributed by atoms with van der Waals surface area (Å²) in [7, 11) is 4.31. The van der Waals surface area contributed by atoms with E-state index in [1.807, 2.05) is 12.1 Å². The van der Waals surface area contributed by atoms with Crippen LogP contribution in [0.25, 0.3) is 0 Å². The van der Waals surface area contributed by atoms with Gasteiger partial charge >= 0.3 is 0 Å². The average molecular weight is 261 g/mol. The Morgan fingerprint density at radius 1 is 1.32 bits per heavy atom. The highest BCUT2D eigenvalue weighted by molar-refractivity contribution is 5.93. The minimum atomic E-state index is 0.0718. The first-order chi connectivity index (χ1) is 9.08. The van der Waals surface area contributed by atoms with Crippen molar-refractivity contribution in [1.29, 1.82) is 0 Å². The van der Waals surface area contributed by atoms with Crippen molar-refractivity contribution < 1.29 is 4.79 Å². The predicted molar refractivity (Wildman–Crippen MR) is 77.8 cm³/mol. The van der Waals surface area contributed by atoms with Crippen LogP contribution in [0.5, 0.6) is 0 Å². The molecule has 0 radical (unpaired) electrons. The molecule has 1 aromatic rings. The molecule has 0 aromatic carbocycles. The highest BCUT2D eigenvalue weighted by Crippen LogP contribution is 2.19. The molecule has 4 heteroatoms. The molecule has 0 amide bonds. The summed E-state index contributed by atoms with van der Waals surface area (Å²) in [5.41, 5.74) is 0.685. The van der Waals surface area contributed by atoms with Crippen molar-refractivity contribution in [2.24, 2.45) is 0 Å². The number of carbonyl (C=O) groups is 1. The summed E-state index contributed by atoms with van der Waals surface area (Å²) < 4.78 is 0. The lowest BCUT2D eigenvalue weighted by Gasteiger charge is -2.24. The second-order valence-corrected chi connectivity index (χ2v) is 5.50. The van der Waals surface area contributed by atoms with Gasteiger partial charge in [0.1, 0.15) is 5.82 Å². The first-order valence-electron chi connectivity index (χ1n) is 6.96. The normalized spacial score (nSPS) is 20.4. The van der Waals surface area contributed by atoms with Gasteiger partial charge in [-0.1, -0.05) is 0 Å². The number of aromatic nitrogens is 1. The number of anilines is 1. The molecule has 1 atom stereocenters. The summed E-state index contributed by atoms with van der Waals surface area (Å²) in [5, 5.41) is 0. The van der Waals surface area contributed by atoms with Crippen molar-refractivity contribution in [3.8, 4) is 0 Å². The van der Waals surface area contributed by atoms with Gasteiger partial charge in [0.05, 0.1) is 0 Å². The number of Topliss-reactive ketones (excluding diaryl/α,β-unsaturated/α-hetero) is 1. The summed E-state index contributed by atoms with van der Waals surface area (Å²) in [6.07, 6.45) is 5.29. The lowest BCUT2D eigenvalue weighted by Crippen LogP contribution is -2.30. The average Bonchev–Trinajstić information content (AvgIpc) is 2.64. The Morgan fingerprint density at radius 3 is 2.68 bits per heavy atom. The van der Waals surface area contributed by atoms with E-state index in [2.05, 4.69) is 28.9 Å². The van der Waals surface area contributed by atoms with Crippen LogP contribution in [0, 0.1) is 0 Å². The number of nitrogens with zero attached hydrogens (tertiary/aromatic N) is 3. The first-order valence-corrected chi connectivity index (χ1v) is 6.96. The van der Waals surface area contributed by atoms with Crippen LogP contribution in [0.1, 0.15) is 36.5 Å². The van der Waals surface area contributed by atoms with E-state index in [0.29, 0.717) is 11.6 Å². The smallest absolute Gasteiger partial charge is 0.161 e. The Hall–Kier alpha value is -1.42. The predicted octanol–water partition coefficient (Wildman–Crippen LogP) is 2.20. The third-order valence-electron chi connectivity index (χ3n) is 3.91. The highest BCUT2D eigenvalue weighted by atomic mass is 16.1. The van der Waals surface area contributed by atoms with Gasteiger partial charge in [-0.05, 0) is 52.4 Å². The first kappa shape index (κ1) is 14.0. The zero-order valence-corrected chi connectivity index (χ0v) is 12.1. The maximum atomic E-state index is 11.2. The molecular formula is C15H23N3O. The third-order valence-corrected chi connectivity index (χ3v) is 3.91. The van der Waals surface area contributed by atoms with Crippen LogP contribution < -0.4 is 4.90 Å². The molecular weight excluding hydrogens is 238 g/mol. The van der Waals surface area contributed by atoms with E-state index in [-0.39, 0.29) is 5.78 Å². The molecule has 1 unspecified atom stereocenters. The molecule has 0 spiro atoms. The number of carbonyl (C=O) groups excluding carboxylic acids is 1. The minimum Gasteiger partial charge on any atom is -0.357 e. The molecule has 104 valence electrons. The Bertz CT molecular complexity index is 428. The van der Waals surface area contributed by atoms with Gasteiger partial charge in [0.2, 0.25) is 0 Å². The van der Waals surface area contributed by atoms with Crippen molar-refractivity contribution in [1.82, 2.24) is 9.88 Å². The van der Waals surface area contributed by atoms with E-state index >= 15 is 0 Å². The zero-order chi connectivity index (χ0) is 13.8. The summed E-state index contributed by atoms with van der Waals surface area (Å²) >= 11 is 0. The van der Waals surface area contributed by atoms with E-state index in [4.69, 9.17) is 0 Å². The monoisotopic (exact) mass is 261 g/mol. The van der Waals surface area contributed by atoms with Crippen LogP contribution in [0.3, 0.4) is 0 Å². The minimum absolute atomic E-state index is 0.0718.